The summed E-state index contributed by atoms with van der Waals surface area (Å²) >= 11 is 6.42. The summed E-state index contributed by atoms with van der Waals surface area (Å²) in [6.45, 7) is 3.60. The van der Waals surface area contributed by atoms with Crippen LogP contribution in [0.25, 0.3) is 0 Å². The van der Waals surface area contributed by atoms with Gasteiger partial charge in [-0.25, -0.2) is 9.78 Å². The molecule has 2 aliphatic rings. The Morgan fingerprint density at radius 1 is 1.13 bits per heavy atom. The number of nitrogens with one attached hydrogen (secondary N) is 1. The van der Waals surface area contributed by atoms with E-state index < -0.39 is 5.97 Å². The lowest BCUT2D eigenvalue weighted by atomic mass is 9.96. The number of anilines is 2. The van der Waals surface area contributed by atoms with E-state index in [1.54, 1.807) is 25.1 Å². The van der Waals surface area contributed by atoms with Gasteiger partial charge in [0.1, 0.15) is 23.9 Å². The summed E-state index contributed by atoms with van der Waals surface area (Å²) in [4.78, 5) is 30.0. The number of rotatable bonds is 8. The highest BCUT2D eigenvalue weighted by Gasteiger charge is 2.32. The van der Waals surface area contributed by atoms with Gasteiger partial charge in [0.2, 0.25) is 5.91 Å². The van der Waals surface area contributed by atoms with Crippen LogP contribution in [0.4, 0.5) is 11.5 Å². The largest absolute Gasteiger partial charge is 0.512 e. The third-order valence-corrected chi connectivity index (χ3v) is 7.40. The summed E-state index contributed by atoms with van der Waals surface area (Å²) < 4.78 is 6.10. The minimum Gasteiger partial charge on any atom is -0.512 e. The molecule has 1 aliphatic carbocycles. The van der Waals surface area contributed by atoms with Crippen molar-refractivity contribution in [2.24, 2.45) is 5.92 Å². The van der Waals surface area contributed by atoms with E-state index in [0.29, 0.717) is 45.4 Å². The maximum absolute atomic E-state index is 12.9. The molecule has 3 N–H and O–H groups in total. The van der Waals surface area contributed by atoms with Crippen LogP contribution in [0, 0.1) is 25.2 Å². The van der Waals surface area contributed by atoms with E-state index in [2.05, 4.69) is 4.98 Å². The van der Waals surface area contributed by atoms with Crippen molar-refractivity contribution in [3.8, 4) is 5.75 Å². The predicted molar refractivity (Wildman–Crippen MR) is 149 cm³/mol. The molecule has 0 bridgehead atoms. The Kier molecular flexibility index (Phi) is 7.14. The molecule has 1 amide bonds. The smallest absolute Gasteiger partial charge is 0.337 e. The SMILES string of the molecule is Cc1cc(C(=O)O)cnc1N1C(=O)CCc2cc(OC/C(C(=N)c3c(C)cccc3Cl)=C(/O)C3CC3)ccc21. The lowest BCUT2D eigenvalue weighted by molar-refractivity contribution is -0.118. The van der Waals surface area contributed by atoms with Gasteiger partial charge in [0, 0.05) is 24.1 Å². The molecule has 1 aliphatic heterocycles. The van der Waals surface area contributed by atoms with Gasteiger partial charge in [-0.05, 0) is 80.1 Å². The molecule has 1 fully saturated rings. The van der Waals surface area contributed by atoms with Gasteiger partial charge in [-0.1, -0.05) is 23.7 Å². The Bertz CT molecular complexity index is 1520. The van der Waals surface area contributed by atoms with E-state index in [0.717, 1.165) is 24.0 Å². The molecule has 0 saturated heterocycles. The zero-order chi connectivity index (χ0) is 27.8. The Morgan fingerprint density at radius 2 is 1.90 bits per heavy atom. The summed E-state index contributed by atoms with van der Waals surface area (Å²) in [7, 11) is 0. The Labute approximate surface area is 231 Å². The maximum Gasteiger partial charge on any atom is 0.337 e. The summed E-state index contributed by atoms with van der Waals surface area (Å²) in [5, 5.41) is 29.5. The fourth-order valence-corrected chi connectivity index (χ4v) is 5.16. The molecule has 0 radical (unpaired) electrons. The molecule has 0 atom stereocenters. The predicted octanol–water partition coefficient (Wildman–Crippen LogP) is 6.33. The maximum atomic E-state index is 12.9. The number of carboxylic acids is 1. The lowest BCUT2D eigenvalue weighted by Gasteiger charge is -2.30. The van der Waals surface area contributed by atoms with E-state index in [1.807, 2.05) is 25.1 Å². The average Bonchev–Trinajstić information content (AvgIpc) is 3.75. The van der Waals surface area contributed by atoms with E-state index >= 15 is 0 Å². The number of pyridine rings is 1. The number of aromatic carboxylic acids is 1. The molecule has 2 aromatic carbocycles. The van der Waals surface area contributed by atoms with Gasteiger partial charge in [-0.15, -0.1) is 0 Å². The van der Waals surface area contributed by atoms with Crippen LogP contribution in [-0.4, -0.2) is 39.4 Å². The number of hydrogen-bond donors (Lipinski definition) is 3. The van der Waals surface area contributed by atoms with Crippen molar-refractivity contribution in [1.29, 1.82) is 5.41 Å². The molecule has 0 spiro atoms. The van der Waals surface area contributed by atoms with Crippen molar-refractivity contribution in [2.45, 2.75) is 39.5 Å². The highest BCUT2D eigenvalue weighted by Crippen LogP contribution is 2.39. The number of aliphatic hydroxyl groups excluding tert-OH is 1. The topological polar surface area (TPSA) is 124 Å². The molecule has 0 unspecified atom stereocenters. The van der Waals surface area contributed by atoms with Gasteiger partial charge in [0.05, 0.1) is 27.6 Å². The summed E-state index contributed by atoms with van der Waals surface area (Å²) in [6.07, 6.45) is 3.77. The summed E-state index contributed by atoms with van der Waals surface area (Å²) in [5.74, 6) is -0.0822. The van der Waals surface area contributed by atoms with Crippen LogP contribution in [-0.2, 0) is 11.2 Å². The molecular weight excluding hydrogens is 518 g/mol. The molecule has 3 aromatic rings. The van der Waals surface area contributed by atoms with Crippen LogP contribution in [0.1, 0.15) is 51.9 Å². The van der Waals surface area contributed by atoms with Crippen LogP contribution in [0.3, 0.4) is 0 Å². The van der Waals surface area contributed by atoms with Crippen molar-refractivity contribution in [3.05, 3.63) is 92.8 Å². The zero-order valence-corrected chi connectivity index (χ0v) is 22.4. The number of benzene rings is 2. The van der Waals surface area contributed by atoms with E-state index in [9.17, 15) is 19.8 Å². The molecular formula is C30H28ClN3O5. The van der Waals surface area contributed by atoms with Crippen molar-refractivity contribution >= 4 is 40.7 Å². The zero-order valence-electron chi connectivity index (χ0n) is 21.6. The number of carbonyl (C=O) groups is 2. The van der Waals surface area contributed by atoms with Crippen LogP contribution in [0.2, 0.25) is 5.02 Å². The van der Waals surface area contributed by atoms with Crippen LogP contribution < -0.4 is 9.64 Å². The third-order valence-electron chi connectivity index (χ3n) is 7.09. The number of nitrogens with zero attached hydrogens (tertiary/aromatic N) is 2. The minimum absolute atomic E-state index is 0.00935. The number of carboxylic acid groups (broad SMARTS) is 1. The average molecular weight is 546 g/mol. The molecule has 39 heavy (non-hydrogen) atoms. The van der Waals surface area contributed by atoms with Gasteiger partial charge < -0.3 is 14.9 Å². The number of aliphatic hydroxyl groups is 1. The Hall–Kier alpha value is -4.17. The molecule has 2 heterocycles. The lowest BCUT2D eigenvalue weighted by Crippen LogP contribution is -2.32. The first kappa shape index (κ1) is 26.4. The highest BCUT2D eigenvalue weighted by atomic mass is 35.5. The van der Waals surface area contributed by atoms with Crippen molar-refractivity contribution < 1.29 is 24.5 Å². The number of amides is 1. The van der Waals surface area contributed by atoms with Crippen LogP contribution >= 0.6 is 11.6 Å². The van der Waals surface area contributed by atoms with Gasteiger partial charge in [-0.2, -0.15) is 0 Å². The standard InChI is InChI=1S/C30H28ClN3O5/c1-16-4-3-5-23(31)26(16)27(32)22(28(36)18-6-7-18)15-39-21-9-10-24-19(13-21)8-11-25(35)34(24)29-17(2)12-20(14-33-29)30(37)38/h3-5,9-10,12-14,18,32,36H,6-8,11,15H2,1-2H3,(H,37,38)/b28-22-,32-27?. The number of halogens is 1. The van der Waals surface area contributed by atoms with Crippen molar-refractivity contribution in [2.75, 3.05) is 11.5 Å². The second-order valence-corrected chi connectivity index (χ2v) is 10.3. The minimum atomic E-state index is -1.08. The van der Waals surface area contributed by atoms with Crippen LogP contribution in [0.15, 0.2) is 60.0 Å². The highest BCUT2D eigenvalue weighted by molar-refractivity contribution is 6.35. The molecule has 200 valence electrons. The third kappa shape index (κ3) is 5.25. The van der Waals surface area contributed by atoms with Gasteiger partial charge in [0.25, 0.3) is 0 Å². The van der Waals surface area contributed by atoms with Crippen molar-refractivity contribution in [1.82, 2.24) is 4.98 Å². The molecule has 9 heteroatoms. The van der Waals surface area contributed by atoms with Gasteiger partial charge in [0.15, 0.2) is 0 Å². The number of aromatic nitrogens is 1. The number of aryl methyl sites for hydroxylation is 3. The number of allylic oxidation sites excluding steroid dienone is 1. The Balaban J connectivity index is 1.42. The first-order chi connectivity index (χ1) is 18.7. The second kappa shape index (κ2) is 10.5. The fourth-order valence-electron chi connectivity index (χ4n) is 4.84. The second-order valence-electron chi connectivity index (χ2n) is 9.92. The normalized spacial score (nSPS) is 15.5. The number of fused-ring (bicyclic) bond motifs is 1. The van der Waals surface area contributed by atoms with Crippen molar-refractivity contribution in [3.63, 3.8) is 0 Å². The Morgan fingerprint density at radius 3 is 2.56 bits per heavy atom. The number of carbonyl (C=O) groups excluding carboxylic acids is 1. The summed E-state index contributed by atoms with van der Waals surface area (Å²) in [5.41, 5.74) is 4.13. The summed E-state index contributed by atoms with van der Waals surface area (Å²) in [6, 6.07) is 12.3. The molecule has 1 saturated carbocycles. The monoisotopic (exact) mass is 545 g/mol. The van der Waals surface area contributed by atoms with E-state index in [4.69, 9.17) is 21.7 Å². The quantitative estimate of drug-likeness (QED) is 0.224. The fraction of sp³-hybridized carbons (Fsp3) is 0.267. The number of ether oxygens (including phenoxy) is 1. The number of hydrogen-bond acceptors (Lipinski definition) is 6. The first-order valence-corrected chi connectivity index (χ1v) is 13.1. The van der Waals surface area contributed by atoms with Gasteiger partial charge in [-0.3, -0.25) is 15.1 Å². The van der Waals surface area contributed by atoms with E-state index in [1.165, 1.54) is 17.2 Å². The van der Waals surface area contributed by atoms with E-state index in [-0.39, 0.29) is 41.9 Å². The van der Waals surface area contributed by atoms with Crippen LogP contribution in [0.5, 0.6) is 5.75 Å². The molecule has 8 nitrogen and oxygen atoms in total. The molecule has 5 rings (SSSR count). The van der Waals surface area contributed by atoms with Gasteiger partial charge >= 0.3 is 5.97 Å². The first-order valence-electron chi connectivity index (χ1n) is 12.7. The molecule has 1 aromatic heterocycles.